The molecule has 2 N–H and O–H groups in total. The predicted octanol–water partition coefficient (Wildman–Crippen LogP) is 3.98. The van der Waals surface area contributed by atoms with E-state index in [-0.39, 0.29) is 5.54 Å². The molecule has 2 rings (SSSR count). The molecule has 18 heavy (non-hydrogen) atoms. The molecular weight excluding hydrogens is 220 g/mol. The van der Waals surface area contributed by atoms with Gasteiger partial charge in [-0.05, 0) is 58.2 Å². The van der Waals surface area contributed by atoms with Crippen LogP contribution in [0.5, 0.6) is 0 Å². The predicted molar refractivity (Wildman–Crippen MR) is 79.1 cm³/mol. The van der Waals surface area contributed by atoms with E-state index in [1.807, 2.05) is 0 Å². The lowest BCUT2D eigenvalue weighted by Gasteiger charge is -2.20. The van der Waals surface area contributed by atoms with Crippen molar-refractivity contribution in [2.75, 3.05) is 0 Å². The molecule has 0 spiro atoms. The Balaban J connectivity index is 2.50. The van der Waals surface area contributed by atoms with E-state index < -0.39 is 0 Å². The molecule has 0 bridgehead atoms. The van der Waals surface area contributed by atoms with Crippen molar-refractivity contribution in [1.29, 1.82) is 0 Å². The summed E-state index contributed by atoms with van der Waals surface area (Å²) in [4.78, 5) is 3.53. The quantitative estimate of drug-likeness (QED) is 0.821. The Morgan fingerprint density at radius 3 is 2.28 bits per heavy atom. The SMILES string of the molecule is Cc1[nH]c2c(C)ccc(C)c2c1CNC(C)(C)C. The monoisotopic (exact) mass is 244 g/mol. The summed E-state index contributed by atoms with van der Waals surface area (Å²) in [6.07, 6.45) is 0. The zero-order valence-corrected chi connectivity index (χ0v) is 12.4. The molecule has 0 amide bonds. The molecule has 1 aromatic heterocycles. The third kappa shape index (κ3) is 2.44. The molecule has 2 nitrogen and oxygen atoms in total. The Morgan fingerprint density at radius 1 is 1.06 bits per heavy atom. The van der Waals surface area contributed by atoms with Crippen LogP contribution in [0.4, 0.5) is 0 Å². The van der Waals surface area contributed by atoms with Crippen molar-refractivity contribution in [2.45, 2.75) is 53.6 Å². The van der Waals surface area contributed by atoms with Gasteiger partial charge < -0.3 is 10.3 Å². The van der Waals surface area contributed by atoms with Crippen LogP contribution in [0, 0.1) is 20.8 Å². The molecule has 1 aromatic carbocycles. The number of fused-ring (bicyclic) bond motifs is 1. The van der Waals surface area contributed by atoms with Crippen LogP contribution in [0.25, 0.3) is 10.9 Å². The van der Waals surface area contributed by atoms with E-state index in [0.29, 0.717) is 0 Å². The highest BCUT2D eigenvalue weighted by molar-refractivity contribution is 5.90. The topological polar surface area (TPSA) is 27.8 Å². The lowest BCUT2D eigenvalue weighted by molar-refractivity contribution is 0.424. The number of aromatic nitrogens is 1. The van der Waals surface area contributed by atoms with Crippen molar-refractivity contribution >= 4 is 10.9 Å². The normalized spacial score (nSPS) is 12.3. The minimum absolute atomic E-state index is 0.147. The summed E-state index contributed by atoms with van der Waals surface area (Å²) >= 11 is 0. The molecule has 2 aromatic rings. The maximum atomic E-state index is 3.58. The van der Waals surface area contributed by atoms with Crippen LogP contribution < -0.4 is 5.32 Å². The largest absolute Gasteiger partial charge is 0.358 e. The van der Waals surface area contributed by atoms with Gasteiger partial charge >= 0.3 is 0 Å². The molecule has 0 aliphatic heterocycles. The first-order valence-electron chi connectivity index (χ1n) is 6.62. The molecule has 0 atom stereocenters. The Kier molecular flexibility index (Phi) is 3.24. The van der Waals surface area contributed by atoms with Crippen molar-refractivity contribution in [3.8, 4) is 0 Å². The lowest BCUT2D eigenvalue weighted by Crippen LogP contribution is -2.35. The molecule has 0 fully saturated rings. The first kappa shape index (κ1) is 13.2. The van der Waals surface area contributed by atoms with E-state index in [9.17, 15) is 0 Å². The van der Waals surface area contributed by atoms with Gasteiger partial charge in [-0.1, -0.05) is 12.1 Å². The van der Waals surface area contributed by atoms with E-state index in [0.717, 1.165) is 6.54 Å². The number of benzene rings is 1. The molecule has 0 radical (unpaired) electrons. The number of hydrogen-bond donors (Lipinski definition) is 2. The van der Waals surface area contributed by atoms with Crippen LogP contribution in [-0.2, 0) is 6.54 Å². The van der Waals surface area contributed by atoms with Gasteiger partial charge in [0.15, 0.2) is 0 Å². The smallest absolute Gasteiger partial charge is 0.0491 e. The minimum atomic E-state index is 0.147. The van der Waals surface area contributed by atoms with Crippen LogP contribution in [0.3, 0.4) is 0 Å². The van der Waals surface area contributed by atoms with Gasteiger partial charge in [-0.15, -0.1) is 0 Å². The summed E-state index contributed by atoms with van der Waals surface area (Å²) in [6, 6.07) is 4.40. The molecule has 0 saturated carbocycles. The van der Waals surface area contributed by atoms with Crippen molar-refractivity contribution < 1.29 is 0 Å². The molecule has 0 aliphatic rings. The van der Waals surface area contributed by atoms with Crippen LogP contribution in [0.15, 0.2) is 12.1 Å². The second kappa shape index (κ2) is 4.43. The summed E-state index contributed by atoms with van der Waals surface area (Å²) in [6.45, 7) is 14.0. The first-order chi connectivity index (χ1) is 8.29. The molecule has 98 valence electrons. The maximum Gasteiger partial charge on any atom is 0.0491 e. The van der Waals surface area contributed by atoms with Crippen molar-refractivity contribution in [3.05, 3.63) is 34.5 Å². The van der Waals surface area contributed by atoms with Crippen LogP contribution in [-0.4, -0.2) is 10.5 Å². The van der Waals surface area contributed by atoms with Gasteiger partial charge in [0.2, 0.25) is 0 Å². The molecular formula is C16H24N2. The Bertz CT molecular complexity index is 571. The zero-order valence-electron chi connectivity index (χ0n) is 12.4. The van der Waals surface area contributed by atoms with Crippen molar-refractivity contribution in [2.24, 2.45) is 0 Å². The van der Waals surface area contributed by atoms with Crippen LogP contribution in [0.2, 0.25) is 0 Å². The van der Waals surface area contributed by atoms with E-state index in [4.69, 9.17) is 0 Å². The van der Waals surface area contributed by atoms with Crippen molar-refractivity contribution in [1.82, 2.24) is 10.3 Å². The molecule has 2 heteroatoms. The number of rotatable bonds is 2. The van der Waals surface area contributed by atoms with Gasteiger partial charge in [0.25, 0.3) is 0 Å². The number of aromatic amines is 1. The standard InChI is InChI=1S/C16H24N2/c1-10-7-8-11(2)15-14(10)13(12(3)18-15)9-17-16(4,5)6/h7-8,17-18H,9H2,1-6H3. The van der Waals surface area contributed by atoms with Crippen molar-refractivity contribution in [3.63, 3.8) is 0 Å². The Morgan fingerprint density at radius 2 is 1.67 bits per heavy atom. The third-order valence-electron chi connectivity index (χ3n) is 3.48. The van der Waals surface area contributed by atoms with Gasteiger partial charge in [-0.2, -0.15) is 0 Å². The summed E-state index contributed by atoms with van der Waals surface area (Å²) < 4.78 is 0. The van der Waals surface area contributed by atoms with Gasteiger partial charge in [-0.3, -0.25) is 0 Å². The number of nitrogens with one attached hydrogen (secondary N) is 2. The van der Waals surface area contributed by atoms with E-state index >= 15 is 0 Å². The first-order valence-corrected chi connectivity index (χ1v) is 6.62. The van der Waals surface area contributed by atoms with Gasteiger partial charge in [0.1, 0.15) is 0 Å². The molecule has 1 heterocycles. The Labute approximate surface area is 110 Å². The zero-order chi connectivity index (χ0) is 13.5. The number of hydrogen-bond acceptors (Lipinski definition) is 1. The highest BCUT2D eigenvalue weighted by Gasteiger charge is 2.15. The van der Waals surface area contributed by atoms with Crippen LogP contribution in [0.1, 0.15) is 43.2 Å². The molecule has 0 unspecified atom stereocenters. The van der Waals surface area contributed by atoms with Gasteiger partial charge in [0, 0.05) is 28.7 Å². The number of aryl methyl sites for hydroxylation is 3. The van der Waals surface area contributed by atoms with Gasteiger partial charge in [-0.25, -0.2) is 0 Å². The second-order valence-electron chi connectivity index (χ2n) is 6.28. The summed E-state index contributed by atoms with van der Waals surface area (Å²) in [7, 11) is 0. The summed E-state index contributed by atoms with van der Waals surface area (Å²) in [5.41, 5.74) is 6.79. The molecule has 0 saturated heterocycles. The lowest BCUT2D eigenvalue weighted by atomic mass is 10.0. The molecule has 0 aliphatic carbocycles. The highest BCUT2D eigenvalue weighted by atomic mass is 14.9. The fourth-order valence-corrected chi connectivity index (χ4v) is 2.39. The average molecular weight is 244 g/mol. The summed E-state index contributed by atoms with van der Waals surface area (Å²) in [5.74, 6) is 0. The maximum absolute atomic E-state index is 3.58. The minimum Gasteiger partial charge on any atom is -0.358 e. The fraction of sp³-hybridized carbons (Fsp3) is 0.500. The van der Waals surface area contributed by atoms with Gasteiger partial charge in [0.05, 0.1) is 0 Å². The van der Waals surface area contributed by atoms with E-state index in [2.05, 4.69) is 64.0 Å². The van der Waals surface area contributed by atoms with E-state index in [1.165, 1.54) is 33.3 Å². The van der Waals surface area contributed by atoms with Crippen LogP contribution >= 0.6 is 0 Å². The fourth-order valence-electron chi connectivity index (χ4n) is 2.39. The second-order valence-corrected chi connectivity index (χ2v) is 6.28. The Hall–Kier alpha value is -1.28. The van der Waals surface area contributed by atoms with E-state index in [1.54, 1.807) is 0 Å². The number of H-pyrrole nitrogens is 1. The third-order valence-corrected chi connectivity index (χ3v) is 3.48. The highest BCUT2D eigenvalue weighted by Crippen LogP contribution is 2.28. The average Bonchev–Trinajstić information content (AvgIpc) is 2.58. The summed E-state index contributed by atoms with van der Waals surface area (Å²) in [5, 5.41) is 4.98.